The van der Waals surface area contributed by atoms with Crippen molar-refractivity contribution in [2.75, 3.05) is 11.1 Å². The molecule has 1 fully saturated rings. The highest BCUT2D eigenvalue weighted by atomic mass is 16.4. The Hall–Kier alpha value is -1.71. The minimum Gasteiger partial charge on any atom is -0.424 e. The van der Waals surface area contributed by atoms with Crippen LogP contribution in [-0.2, 0) is 0 Å². The van der Waals surface area contributed by atoms with E-state index in [2.05, 4.69) is 17.2 Å². The molecule has 1 aliphatic carbocycles. The second kappa shape index (κ2) is 4.52. The van der Waals surface area contributed by atoms with E-state index in [0.717, 1.165) is 17.0 Å². The van der Waals surface area contributed by atoms with Gasteiger partial charge in [0.2, 0.25) is 0 Å². The Kier molecular flexibility index (Phi) is 2.86. The molecule has 2 atom stereocenters. The fraction of sp³-hybridized carbons (Fsp3) is 0.500. The lowest BCUT2D eigenvalue weighted by molar-refractivity contribution is 0.354. The number of nitrogens with one attached hydrogen (secondary N) is 1. The van der Waals surface area contributed by atoms with Crippen LogP contribution in [0, 0.1) is 5.92 Å². The molecule has 1 saturated carbocycles. The average molecular weight is 245 g/mol. The third-order valence-corrected chi connectivity index (χ3v) is 3.68. The number of hydrogen-bond donors (Lipinski definition) is 2. The normalized spacial score (nSPS) is 24.3. The number of rotatable bonds is 2. The van der Waals surface area contributed by atoms with Gasteiger partial charge in [0.1, 0.15) is 5.52 Å². The molecule has 1 aromatic carbocycles. The van der Waals surface area contributed by atoms with Crippen molar-refractivity contribution in [1.82, 2.24) is 4.98 Å². The van der Waals surface area contributed by atoms with Crippen molar-refractivity contribution < 1.29 is 4.42 Å². The van der Waals surface area contributed by atoms with Crippen LogP contribution in [0.2, 0.25) is 0 Å². The topological polar surface area (TPSA) is 64.1 Å². The second-order valence-corrected chi connectivity index (χ2v) is 5.36. The number of hydrogen-bond acceptors (Lipinski definition) is 4. The van der Waals surface area contributed by atoms with Crippen LogP contribution < -0.4 is 11.1 Å². The van der Waals surface area contributed by atoms with Crippen molar-refractivity contribution >= 4 is 22.8 Å². The summed E-state index contributed by atoms with van der Waals surface area (Å²) in [7, 11) is 0. The number of nitrogens with two attached hydrogens (primary N) is 1. The van der Waals surface area contributed by atoms with Crippen LogP contribution in [-0.4, -0.2) is 11.0 Å². The summed E-state index contributed by atoms with van der Waals surface area (Å²) < 4.78 is 5.68. The fourth-order valence-electron chi connectivity index (χ4n) is 2.75. The van der Waals surface area contributed by atoms with E-state index in [4.69, 9.17) is 10.2 Å². The van der Waals surface area contributed by atoms with E-state index in [-0.39, 0.29) is 0 Å². The van der Waals surface area contributed by atoms with Crippen LogP contribution >= 0.6 is 0 Å². The number of benzene rings is 1. The second-order valence-electron chi connectivity index (χ2n) is 5.36. The molecule has 0 aliphatic heterocycles. The van der Waals surface area contributed by atoms with Crippen LogP contribution in [0.25, 0.3) is 11.1 Å². The molecule has 96 valence electrons. The van der Waals surface area contributed by atoms with Gasteiger partial charge in [-0.25, -0.2) is 0 Å². The maximum Gasteiger partial charge on any atom is 0.295 e. The van der Waals surface area contributed by atoms with Gasteiger partial charge >= 0.3 is 0 Å². The molecule has 4 nitrogen and oxygen atoms in total. The molecule has 0 bridgehead atoms. The minimum absolute atomic E-state index is 0.485. The van der Waals surface area contributed by atoms with Gasteiger partial charge in [-0.2, -0.15) is 4.98 Å². The molecular weight excluding hydrogens is 226 g/mol. The zero-order chi connectivity index (χ0) is 12.5. The van der Waals surface area contributed by atoms with Gasteiger partial charge in [-0.1, -0.05) is 19.8 Å². The monoisotopic (exact) mass is 245 g/mol. The molecule has 1 aromatic heterocycles. The molecule has 1 heterocycles. The van der Waals surface area contributed by atoms with E-state index in [0.29, 0.717) is 17.7 Å². The van der Waals surface area contributed by atoms with E-state index in [9.17, 15) is 0 Å². The standard InChI is InChI=1S/C14H19N3O/c1-9-3-2-4-11(7-9)16-14-17-12-8-10(15)5-6-13(12)18-14/h5-6,8-9,11H,2-4,7,15H2,1H3,(H,16,17). The highest BCUT2D eigenvalue weighted by molar-refractivity contribution is 5.78. The first-order chi connectivity index (χ1) is 8.70. The number of nitrogen functional groups attached to an aromatic ring is 1. The molecule has 0 saturated heterocycles. The molecule has 0 radical (unpaired) electrons. The Morgan fingerprint density at radius 2 is 2.28 bits per heavy atom. The number of oxazole rings is 1. The van der Waals surface area contributed by atoms with Gasteiger partial charge in [-0.05, 0) is 37.0 Å². The van der Waals surface area contributed by atoms with Crippen molar-refractivity contribution in [2.45, 2.75) is 38.6 Å². The SMILES string of the molecule is CC1CCCC(Nc2nc3cc(N)ccc3o2)C1. The number of aromatic nitrogens is 1. The maximum absolute atomic E-state index is 5.73. The van der Waals surface area contributed by atoms with Gasteiger partial charge in [-0.3, -0.25) is 0 Å². The molecule has 3 rings (SSSR count). The first kappa shape index (κ1) is 11.4. The summed E-state index contributed by atoms with van der Waals surface area (Å²) >= 11 is 0. The van der Waals surface area contributed by atoms with E-state index in [1.807, 2.05) is 18.2 Å². The summed E-state index contributed by atoms with van der Waals surface area (Å²) in [5, 5.41) is 3.40. The minimum atomic E-state index is 0.485. The summed E-state index contributed by atoms with van der Waals surface area (Å²) in [6, 6.07) is 6.65. The quantitative estimate of drug-likeness (QED) is 0.796. The lowest BCUT2D eigenvalue weighted by Crippen LogP contribution is -2.26. The van der Waals surface area contributed by atoms with Crippen LogP contribution in [0.5, 0.6) is 0 Å². The van der Waals surface area contributed by atoms with Crippen LogP contribution in [0.3, 0.4) is 0 Å². The van der Waals surface area contributed by atoms with E-state index in [1.165, 1.54) is 25.7 Å². The van der Waals surface area contributed by atoms with Crippen LogP contribution in [0.4, 0.5) is 11.7 Å². The third kappa shape index (κ3) is 2.28. The van der Waals surface area contributed by atoms with Gasteiger partial charge in [0.05, 0.1) is 0 Å². The Balaban J connectivity index is 1.78. The zero-order valence-corrected chi connectivity index (χ0v) is 10.6. The molecular formula is C14H19N3O. The fourth-order valence-corrected chi connectivity index (χ4v) is 2.75. The van der Waals surface area contributed by atoms with Gasteiger partial charge < -0.3 is 15.5 Å². The van der Waals surface area contributed by atoms with Gasteiger partial charge in [0.15, 0.2) is 5.58 Å². The number of nitrogens with zero attached hydrogens (tertiary/aromatic N) is 1. The maximum atomic E-state index is 5.73. The Morgan fingerprint density at radius 3 is 3.11 bits per heavy atom. The predicted molar refractivity (Wildman–Crippen MR) is 73.5 cm³/mol. The first-order valence-electron chi connectivity index (χ1n) is 6.63. The van der Waals surface area contributed by atoms with Crippen molar-refractivity contribution in [3.63, 3.8) is 0 Å². The van der Waals surface area contributed by atoms with E-state index in [1.54, 1.807) is 0 Å². The first-order valence-corrected chi connectivity index (χ1v) is 6.63. The summed E-state index contributed by atoms with van der Waals surface area (Å²) in [6.07, 6.45) is 5.01. The van der Waals surface area contributed by atoms with E-state index < -0.39 is 0 Å². The van der Waals surface area contributed by atoms with Crippen molar-refractivity contribution in [3.8, 4) is 0 Å². The highest BCUT2D eigenvalue weighted by Gasteiger charge is 2.20. The average Bonchev–Trinajstić information content (AvgIpc) is 2.70. The summed E-state index contributed by atoms with van der Waals surface area (Å²) in [4.78, 5) is 4.43. The highest BCUT2D eigenvalue weighted by Crippen LogP contribution is 2.27. The molecule has 1 aliphatic rings. The van der Waals surface area contributed by atoms with Gasteiger partial charge in [0.25, 0.3) is 6.01 Å². The lowest BCUT2D eigenvalue weighted by Gasteiger charge is -2.26. The zero-order valence-electron chi connectivity index (χ0n) is 10.6. The molecule has 3 N–H and O–H groups in total. The molecule has 0 spiro atoms. The Labute approximate surface area is 107 Å². The molecule has 4 heteroatoms. The Morgan fingerprint density at radius 1 is 1.39 bits per heavy atom. The molecule has 0 amide bonds. The van der Waals surface area contributed by atoms with Crippen molar-refractivity contribution in [2.24, 2.45) is 5.92 Å². The van der Waals surface area contributed by atoms with Gasteiger partial charge in [0, 0.05) is 11.7 Å². The summed E-state index contributed by atoms with van der Waals surface area (Å²) in [5.41, 5.74) is 8.06. The van der Waals surface area contributed by atoms with Crippen LogP contribution in [0.15, 0.2) is 22.6 Å². The summed E-state index contributed by atoms with van der Waals surface area (Å²) in [5.74, 6) is 0.788. The predicted octanol–water partition coefficient (Wildman–Crippen LogP) is 3.40. The smallest absolute Gasteiger partial charge is 0.295 e. The number of anilines is 2. The van der Waals surface area contributed by atoms with E-state index >= 15 is 0 Å². The van der Waals surface area contributed by atoms with Crippen LogP contribution in [0.1, 0.15) is 32.6 Å². The van der Waals surface area contributed by atoms with Crippen molar-refractivity contribution in [1.29, 1.82) is 0 Å². The molecule has 2 aromatic rings. The summed E-state index contributed by atoms with van der Waals surface area (Å²) in [6.45, 7) is 2.31. The largest absolute Gasteiger partial charge is 0.424 e. The van der Waals surface area contributed by atoms with Gasteiger partial charge in [-0.15, -0.1) is 0 Å². The lowest BCUT2D eigenvalue weighted by atomic mass is 9.87. The Bertz CT molecular complexity index is 549. The molecule has 2 unspecified atom stereocenters. The number of fused-ring (bicyclic) bond motifs is 1. The third-order valence-electron chi connectivity index (χ3n) is 3.68. The molecule has 18 heavy (non-hydrogen) atoms. The van der Waals surface area contributed by atoms with Crippen molar-refractivity contribution in [3.05, 3.63) is 18.2 Å².